The van der Waals surface area contributed by atoms with Gasteiger partial charge in [0.25, 0.3) is 0 Å². The Morgan fingerprint density at radius 3 is 2.38 bits per heavy atom. The first-order chi connectivity index (χ1) is 7.49. The van der Waals surface area contributed by atoms with Crippen LogP contribution < -0.4 is 11.3 Å². The zero-order chi connectivity index (χ0) is 12.4. The molecule has 0 rings (SSSR count). The Bertz CT molecular complexity index is 165. The third kappa shape index (κ3) is 10.2. The van der Waals surface area contributed by atoms with Crippen molar-refractivity contribution >= 4 is 0 Å². The lowest BCUT2D eigenvalue weighted by Crippen LogP contribution is -2.35. The number of halogens is 3. The first-order valence-corrected chi connectivity index (χ1v) is 5.60. The maximum absolute atomic E-state index is 11.9. The fourth-order valence-corrected chi connectivity index (χ4v) is 1.44. The van der Waals surface area contributed by atoms with Crippen LogP contribution in [0, 0.1) is 0 Å². The number of nitrogens with two attached hydrogens (primary N) is 1. The molecule has 0 saturated carbocycles. The maximum Gasteiger partial charge on any atom is 0.389 e. The molecule has 0 heterocycles. The number of ether oxygens (including phenoxy) is 1. The maximum atomic E-state index is 11.9. The molecule has 0 aliphatic heterocycles. The van der Waals surface area contributed by atoms with Gasteiger partial charge in [0, 0.05) is 25.7 Å². The first-order valence-electron chi connectivity index (χ1n) is 5.60. The highest BCUT2D eigenvalue weighted by Gasteiger charge is 2.26. The Kier molecular flexibility index (Phi) is 8.60. The van der Waals surface area contributed by atoms with Crippen LogP contribution in [0.4, 0.5) is 13.2 Å². The number of hydrazine groups is 1. The summed E-state index contributed by atoms with van der Waals surface area (Å²) in [6, 6.07) is -0.0530. The predicted octanol–water partition coefficient (Wildman–Crippen LogP) is 2.37. The number of rotatable bonds is 9. The summed E-state index contributed by atoms with van der Waals surface area (Å²) in [5, 5.41) is 0. The van der Waals surface area contributed by atoms with Crippen molar-refractivity contribution in [1.82, 2.24) is 5.43 Å². The van der Waals surface area contributed by atoms with Crippen molar-refractivity contribution < 1.29 is 17.9 Å². The van der Waals surface area contributed by atoms with E-state index in [0.717, 1.165) is 12.8 Å². The number of nitrogens with one attached hydrogen (secondary N) is 1. The van der Waals surface area contributed by atoms with Crippen molar-refractivity contribution in [3.63, 3.8) is 0 Å². The second-order valence-electron chi connectivity index (χ2n) is 3.71. The van der Waals surface area contributed by atoms with Gasteiger partial charge in [-0.2, -0.15) is 13.2 Å². The van der Waals surface area contributed by atoms with Crippen molar-refractivity contribution in [2.45, 2.75) is 51.2 Å². The highest BCUT2D eigenvalue weighted by atomic mass is 19.4. The summed E-state index contributed by atoms with van der Waals surface area (Å²) in [6.07, 6.45) is -2.68. The summed E-state index contributed by atoms with van der Waals surface area (Å²) in [5.41, 5.74) is 2.54. The smallest absolute Gasteiger partial charge is 0.382 e. The van der Waals surface area contributed by atoms with E-state index in [1.807, 2.05) is 6.92 Å². The summed E-state index contributed by atoms with van der Waals surface area (Å²) in [5.74, 6) is 5.27. The molecule has 0 bridgehead atoms. The SMILES string of the molecule is CCOCCCC(CCCC(F)(F)F)NN. The van der Waals surface area contributed by atoms with E-state index in [1.54, 1.807) is 0 Å². The molecule has 0 aromatic carbocycles. The molecular formula is C10H21F3N2O. The van der Waals surface area contributed by atoms with Crippen LogP contribution >= 0.6 is 0 Å². The average Bonchev–Trinajstić information content (AvgIpc) is 2.20. The zero-order valence-corrected chi connectivity index (χ0v) is 9.65. The Morgan fingerprint density at radius 1 is 1.25 bits per heavy atom. The van der Waals surface area contributed by atoms with Crippen molar-refractivity contribution in [2.24, 2.45) is 5.84 Å². The molecule has 1 atom stereocenters. The van der Waals surface area contributed by atoms with E-state index < -0.39 is 12.6 Å². The van der Waals surface area contributed by atoms with E-state index in [-0.39, 0.29) is 12.5 Å². The lowest BCUT2D eigenvalue weighted by Gasteiger charge is -2.16. The molecule has 6 heteroatoms. The van der Waals surface area contributed by atoms with Crippen LogP contribution in [0.2, 0.25) is 0 Å². The van der Waals surface area contributed by atoms with Crippen LogP contribution in [0.1, 0.15) is 39.0 Å². The van der Waals surface area contributed by atoms with E-state index in [4.69, 9.17) is 10.6 Å². The third-order valence-electron chi connectivity index (χ3n) is 2.29. The molecule has 3 N–H and O–H groups in total. The lowest BCUT2D eigenvalue weighted by molar-refractivity contribution is -0.135. The molecule has 0 aromatic heterocycles. The second kappa shape index (κ2) is 8.78. The van der Waals surface area contributed by atoms with Gasteiger partial charge in [-0.3, -0.25) is 11.3 Å². The molecule has 0 spiro atoms. The zero-order valence-electron chi connectivity index (χ0n) is 9.65. The highest BCUT2D eigenvalue weighted by Crippen LogP contribution is 2.23. The topological polar surface area (TPSA) is 47.3 Å². The second-order valence-corrected chi connectivity index (χ2v) is 3.71. The molecule has 0 amide bonds. The minimum atomic E-state index is -4.07. The Hall–Kier alpha value is -0.330. The van der Waals surface area contributed by atoms with Gasteiger partial charge in [-0.15, -0.1) is 0 Å². The van der Waals surface area contributed by atoms with Crippen molar-refractivity contribution in [1.29, 1.82) is 0 Å². The Labute approximate surface area is 94.5 Å². The van der Waals surface area contributed by atoms with Crippen LogP contribution in [0.5, 0.6) is 0 Å². The van der Waals surface area contributed by atoms with Crippen LogP contribution in [0.3, 0.4) is 0 Å². The summed E-state index contributed by atoms with van der Waals surface area (Å²) in [4.78, 5) is 0. The van der Waals surface area contributed by atoms with E-state index in [9.17, 15) is 13.2 Å². The molecule has 0 saturated heterocycles. The van der Waals surface area contributed by atoms with Gasteiger partial charge in [0.2, 0.25) is 0 Å². The molecule has 0 aliphatic carbocycles. The number of alkyl halides is 3. The van der Waals surface area contributed by atoms with Gasteiger partial charge in [-0.25, -0.2) is 0 Å². The minimum Gasteiger partial charge on any atom is -0.382 e. The quantitative estimate of drug-likeness (QED) is 0.371. The molecule has 98 valence electrons. The van der Waals surface area contributed by atoms with Crippen molar-refractivity contribution in [3.8, 4) is 0 Å². The summed E-state index contributed by atoms with van der Waals surface area (Å²) >= 11 is 0. The molecule has 3 nitrogen and oxygen atoms in total. The highest BCUT2D eigenvalue weighted by molar-refractivity contribution is 4.65. The van der Waals surface area contributed by atoms with Crippen LogP contribution in [0.25, 0.3) is 0 Å². The minimum absolute atomic E-state index is 0.0530. The van der Waals surface area contributed by atoms with E-state index in [0.29, 0.717) is 19.6 Å². The van der Waals surface area contributed by atoms with Crippen LogP contribution in [-0.4, -0.2) is 25.4 Å². The van der Waals surface area contributed by atoms with E-state index >= 15 is 0 Å². The normalized spacial score (nSPS) is 14.1. The first kappa shape index (κ1) is 15.7. The molecule has 0 aliphatic rings. The third-order valence-corrected chi connectivity index (χ3v) is 2.29. The Morgan fingerprint density at radius 2 is 1.88 bits per heavy atom. The van der Waals surface area contributed by atoms with E-state index in [1.165, 1.54) is 0 Å². The molecule has 0 radical (unpaired) electrons. The molecule has 0 fully saturated rings. The largest absolute Gasteiger partial charge is 0.389 e. The van der Waals surface area contributed by atoms with Gasteiger partial charge in [0.1, 0.15) is 0 Å². The summed E-state index contributed by atoms with van der Waals surface area (Å²) < 4.78 is 40.8. The Balaban J connectivity index is 3.51. The van der Waals surface area contributed by atoms with Gasteiger partial charge in [-0.1, -0.05) is 0 Å². The van der Waals surface area contributed by atoms with Gasteiger partial charge in [0.05, 0.1) is 0 Å². The molecule has 1 unspecified atom stereocenters. The predicted molar refractivity (Wildman–Crippen MR) is 56.7 cm³/mol. The van der Waals surface area contributed by atoms with Crippen molar-refractivity contribution in [3.05, 3.63) is 0 Å². The molecular weight excluding hydrogens is 221 g/mol. The summed E-state index contributed by atoms with van der Waals surface area (Å²) in [6.45, 7) is 3.20. The van der Waals surface area contributed by atoms with Gasteiger partial charge < -0.3 is 4.74 Å². The number of hydrogen-bond acceptors (Lipinski definition) is 3. The molecule has 0 aromatic rings. The fourth-order valence-electron chi connectivity index (χ4n) is 1.44. The van der Waals surface area contributed by atoms with Gasteiger partial charge in [0.15, 0.2) is 0 Å². The summed E-state index contributed by atoms with van der Waals surface area (Å²) in [7, 11) is 0. The average molecular weight is 242 g/mol. The number of hydrogen-bond donors (Lipinski definition) is 2. The lowest BCUT2D eigenvalue weighted by atomic mass is 10.1. The van der Waals surface area contributed by atoms with Gasteiger partial charge >= 0.3 is 6.18 Å². The van der Waals surface area contributed by atoms with Crippen LogP contribution in [0.15, 0.2) is 0 Å². The molecule has 16 heavy (non-hydrogen) atoms. The van der Waals surface area contributed by atoms with Crippen molar-refractivity contribution in [2.75, 3.05) is 13.2 Å². The van der Waals surface area contributed by atoms with Crippen LogP contribution in [-0.2, 0) is 4.74 Å². The van der Waals surface area contributed by atoms with E-state index in [2.05, 4.69) is 5.43 Å². The van der Waals surface area contributed by atoms with Gasteiger partial charge in [-0.05, 0) is 32.6 Å². The fraction of sp³-hybridized carbons (Fsp3) is 1.00. The monoisotopic (exact) mass is 242 g/mol. The standard InChI is InChI=1S/C10H21F3N2O/c1-2-16-8-4-6-9(15-14)5-3-7-10(11,12)13/h9,15H,2-8,14H2,1H3.